The lowest BCUT2D eigenvalue weighted by atomic mass is 10.1. The van der Waals surface area contributed by atoms with Crippen molar-refractivity contribution in [3.05, 3.63) is 0 Å². The van der Waals surface area contributed by atoms with E-state index in [0.717, 1.165) is 39.5 Å². The van der Waals surface area contributed by atoms with E-state index in [4.69, 9.17) is 15.6 Å². The summed E-state index contributed by atoms with van der Waals surface area (Å²) in [6.07, 6.45) is 4.74. The van der Waals surface area contributed by atoms with Crippen LogP contribution in [0.1, 0.15) is 47.0 Å². The van der Waals surface area contributed by atoms with Crippen LogP contribution in [0.5, 0.6) is 0 Å². The third kappa shape index (κ3) is 21.1. The van der Waals surface area contributed by atoms with Crippen LogP contribution < -0.4 is 21.7 Å². The number of carboxylic acid groups (broad SMARTS) is 1. The Bertz CT molecular complexity index is 290. The Morgan fingerprint density at radius 3 is 1.83 bits per heavy atom. The number of carbonyl (C=O) groups is 2. The van der Waals surface area contributed by atoms with Crippen molar-refractivity contribution in [1.82, 2.24) is 16.0 Å². The number of hydrogen-bond acceptors (Lipinski definition) is 5. The molecule has 23 heavy (non-hydrogen) atoms. The van der Waals surface area contributed by atoms with E-state index in [1.165, 1.54) is 19.3 Å². The zero-order chi connectivity index (χ0) is 16.1. The Morgan fingerprint density at radius 1 is 1.09 bits per heavy atom. The molecular weight excluding hydrogens is 320 g/mol. The monoisotopic (exact) mass is 354 g/mol. The fourth-order valence-corrected chi connectivity index (χ4v) is 2.14. The van der Waals surface area contributed by atoms with Gasteiger partial charge in [0, 0.05) is 39.0 Å². The maximum atomic E-state index is 10.6. The first-order chi connectivity index (χ1) is 9.91. The molecule has 2 saturated heterocycles. The second kappa shape index (κ2) is 17.5. The van der Waals surface area contributed by atoms with Crippen LogP contribution in [-0.2, 0) is 9.59 Å². The normalized spacial score (nSPS) is 22.4. The number of nitrogens with one attached hydrogen (secondary N) is 3. The number of hydrogen-bond donors (Lipinski definition) is 5. The summed E-state index contributed by atoms with van der Waals surface area (Å²) in [7, 11) is 0. The first-order valence-electron chi connectivity index (χ1n) is 7.55. The summed E-state index contributed by atoms with van der Waals surface area (Å²) in [5.41, 5.74) is 5.57. The van der Waals surface area contributed by atoms with Crippen LogP contribution in [0.2, 0.25) is 0 Å². The SMILES string of the molecule is C.CC(=O)NC1CCCNC1.CC(=O)O.Cl.NC1CCCNC1. The Morgan fingerprint density at radius 2 is 1.57 bits per heavy atom. The third-order valence-electron chi connectivity index (χ3n) is 3.04. The molecule has 0 bridgehead atoms. The van der Waals surface area contributed by atoms with E-state index >= 15 is 0 Å². The van der Waals surface area contributed by atoms with E-state index in [1.54, 1.807) is 6.92 Å². The summed E-state index contributed by atoms with van der Waals surface area (Å²) >= 11 is 0. The molecule has 0 aromatic rings. The van der Waals surface area contributed by atoms with Gasteiger partial charge in [-0.2, -0.15) is 0 Å². The summed E-state index contributed by atoms with van der Waals surface area (Å²) in [6, 6.07) is 0.792. The van der Waals surface area contributed by atoms with E-state index in [0.29, 0.717) is 12.1 Å². The van der Waals surface area contributed by atoms with E-state index in [2.05, 4.69) is 16.0 Å². The molecule has 0 radical (unpaired) electrons. The number of carbonyl (C=O) groups excluding carboxylic acids is 1. The second-order valence-corrected chi connectivity index (χ2v) is 5.37. The standard InChI is InChI=1S/C7H14N2O.C5H12N2.C2H4O2.CH4.ClH/c1-6(10)9-7-3-2-4-8-5-7;6-5-2-1-3-7-4-5;1-2(3)4;;/h7-8H,2-5H2,1H3,(H,9,10);5,7H,1-4,6H2;1H3,(H,3,4);1H4;1H. The highest BCUT2D eigenvalue weighted by molar-refractivity contribution is 5.85. The van der Waals surface area contributed by atoms with E-state index in [-0.39, 0.29) is 25.7 Å². The third-order valence-corrected chi connectivity index (χ3v) is 3.04. The molecule has 2 fully saturated rings. The molecule has 0 aromatic carbocycles. The van der Waals surface area contributed by atoms with Crippen molar-refractivity contribution in [2.75, 3.05) is 26.2 Å². The van der Waals surface area contributed by atoms with Crippen molar-refractivity contribution in [3.63, 3.8) is 0 Å². The highest BCUT2D eigenvalue weighted by atomic mass is 35.5. The molecular formula is C15H35ClN4O3. The first kappa shape index (κ1) is 27.0. The zero-order valence-electron chi connectivity index (χ0n) is 13.6. The summed E-state index contributed by atoms with van der Waals surface area (Å²) in [4.78, 5) is 19.6. The van der Waals surface area contributed by atoms with Crippen molar-refractivity contribution in [3.8, 4) is 0 Å². The molecule has 2 aliphatic heterocycles. The molecule has 0 aliphatic carbocycles. The minimum atomic E-state index is -0.833. The maximum Gasteiger partial charge on any atom is 0.300 e. The minimum Gasteiger partial charge on any atom is -0.481 e. The van der Waals surface area contributed by atoms with Gasteiger partial charge in [0.2, 0.25) is 5.91 Å². The Balaban J connectivity index is -0.000000273. The van der Waals surface area contributed by atoms with Crippen molar-refractivity contribution < 1.29 is 14.7 Å². The van der Waals surface area contributed by atoms with Gasteiger partial charge in [-0.05, 0) is 38.8 Å². The maximum absolute atomic E-state index is 10.6. The van der Waals surface area contributed by atoms with Gasteiger partial charge in [-0.15, -0.1) is 12.4 Å². The molecule has 2 rings (SSSR count). The molecule has 2 unspecified atom stereocenters. The summed E-state index contributed by atoms with van der Waals surface area (Å²) in [6.45, 7) is 6.85. The Labute approximate surface area is 146 Å². The molecule has 8 heteroatoms. The summed E-state index contributed by atoms with van der Waals surface area (Å²) in [5.74, 6) is -0.756. The van der Waals surface area contributed by atoms with Crippen LogP contribution >= 0.6 is 12.4 Å². The number of carboxylic acids is 1. The van der Waals surface area contributed by atoms with E-state index < -0.39 is 5.97 Å². The molecule has 2 atom stereocenters. The van der Waals surface area contributed by atoms with Crippen LogP contribution in [-0.4, -0.2) is 55.2 Å². The summed E-state index contributed by atoms with van der Waals surface area (Å²) < 4.78 is 0. The highest BCUT2D eigenvalue weighted by Gasteiger charge is 2.12. The van der Waals surface area contributed by atoms with Gasteiger partial charge in [-0.25, -0.2) is 0 Å². The number of halogens is 1. The molecule has 2 aliphatic rings. The average Bonchev–Trinajstić information content (AvgIpc) is 2.40. The topological polar surface area (TPSA) is 116 Å². The molecule has 0 saturated carbocycles. The van der Waals surface area contributed by atoms with Crippen LogP contribution in [0.3, 0.4) is 0 Å². The van der Waals surface area contributed by atoms with Gasteiger partial charge in [0.25, 0.3) is 5.97 Å². The molecule has 7 nitrogen and oxygen atoms in total. The molecule has 2 heterocycles. The molecule has 6 N–H and O–H groups in total. The molecule has 0 spiro atoms. The van der Waals surface area contributed by atoms with E-state index in [9.17, 15) is 4.79 Å². The highest BCUT2D eigenvalue weighted by Crippen LogP contribution is 2.00. The molecule has 140 valence electrons. The van der Waals surface area contributed by atoms with Crippen LogP contribution in [0.15, 0.2) is 0 Å². The van der Waals surface area contributed by atoms with Crippen LogP contribution in [0.4, 0.5) is 0 Å². The fraction of sp³-hybridized carbons (Fsp3) is 0.867. The van der Waals surface area contributed by atoms with Crippen LogP contribution in [0, 0.1) is 0 Å². The predicted molar refractivity (Wildman–Crippen MR) is 97.1 cm³/mol. The van der Waals surface area contributed by atoms with Crippen molar-refractivity contribution in [2.45, 2.75) is 59.0 Å². The van der Waals surface area contributed by atoms with Gasteiger partial charge in [-0.3, -0.25) is 9.59 Å². The molecule has 0 aromatic heterocycles. The van der Waals surface area contributed by atoms with Gasteiger partial charge in [0.05, 0.1) is 0 Å². The minimum absolute atomic E-state index is 0. The zero-order valence-corrected chi connectivity index (χ0v) is 14.4. The second-order valence-electron chi connectivity index (χ2n) is 5.37. The van der Waals surface area contributed by atoms with Crippen molar-refractivity contribution in [2.24, 2.45) is 5.73 Å². The van der Waals surface area contributed by atoms with Gasteiger partial charge in [0.1, 0.15) is 0 Å². The van der Waals surface area contributed by atoms with Crippen molar-refractivity contribution in [1.29, 1.82) is 0 Å². The smallest absolute Gasteiger partial charge is 0.300 e. The number of aliphatic carboxylic acids is 1. The van der Waals surface area contributed by atoms with Gasteiger partial charge < -0.3 is 26.8 Å². The largest absolute Gasteiger partial charge is 0.481 e. The lowest BCUT2D eigenvalue weighted by Crippen LogP contribution is -2.44. The fourth-order valence-electron chi connectivity index (χ4n) is 2.14. The van der Waals surface area contributed by atoms with Crippen LogP contribution in [0.25, 0.3) is 0 Å². The summed E-state index contributed by atoms with van der Waals surface area (Å²) in [5, 5.41) is 16.7. The van der Waals surface area contributed by atoms with Gasteiger partial charge in [-0.1, -0.05) is 7.43 Å². The quantitative estimate of drug-likeness (QED) is 0.474. The number of rotatable bonds is 1. The lowest BCUT2D eigenvalue weighted by Gasteiger charge is -2.22. The first-order valence-corrected chi connectivity index (χ1v) is 7.55. The van der Waals surface area contributed by atoms with Gasteiger partial charge in [0.15, 0.2) is 0 Å². The lowest BCUT2D eigenvalue weighted by molar-refractivity contribution is -0.134. The predicted octanol–water partition coefficient (Wildman–Crippen LogP) is 0.720. The van der Waals surface area contributed by atoms with Gasteiger partial charge >= 0.3 is 0 Å². The van der Waals surface area contributed by atoms with Crippen molar-refractivity contribution >= 4 is 24.3 Å². The number of nitrogens with two attached hydrogens (primary N) is 1. The number of piperidine rings is 2. The van der Waals surface area contributed by atoms with E-state index in [1.807, 2.05) is 0 Å². The number of amides is 1. The Hall–Kier alpha value is -0.890. The average molecular weight is 355 g/mol. The Kier molecular flexibility index (Phi) is 20.5. The molecule has 1 amide bonds.